The summed E-state index contributed by atoms with van der Waals surface area (Å²) in [6.45, 7) is 4.53. The van der Waals surface area contributed by atoms with Gasteiger partial charge in [0.25, 0.3) is 5.56 Å². The second-order valence-electron chi connectivity index (χ2n) is 6.18. The van der Waals surface area contributed by atoms with Crippen LogP contribution < -0.4 is 10.3 Å². The van der Waals surface area contributed by atoms with Crippen molar-refractivity contribution in [1.29, 1.82) is 0 Å². The van der Waals surface area contributed by atoms with Gasteiger partial charge < -0.3 is 14.6 Å². The summed E-state index contributed by atoms with van der Waals surface area (Å²) in [5.41, 5.74) is 0.194. The highest BCUT2D eigenvalue weighted by atomic mass is 32.2. The number of hydrogen-bond donors (Lipinski definition) is 1. The number of hydrogen-bond acceptors (Lipinski definition) is 6. The maximum atomic E-state index is 12.8. The van der Waals surface area contributed by atoms with Crippen LogP contribution in [0.3, 0.4) is 0 Å². The number of nitrogens with one attached hydrogen (secondary N) is 1. The van der Waals surface area contributed by atoms with Crippen LogP contribution in [0.5, 0.6) is 5.75 Å². The van der Waals surface area contributed by atoms with E-state index in [1.165, 1.54) is 23.0 Å². The minimum atomic E-state index is -3.55. The summed E-state index contributed by atoms with van der Waals surface area (Å²) in [4.78, 5) is 25.1. The van der Waals surface area contributed by atoms with Gasteiger partial charge in [0.1, 0.15) is 22.3 Å². The lowest BCUT2D eigenvalue weighted by Gasteiger charge is -2.28. The molecule has 0 radical (unpaired) electrons. The number of carbonyl (C=O) groups is 1. The molecule has 0 atom stereocenters. The van der Waals surface area contributed by atoms with Crippen molar-refractivity contribution in [1.82, 2.24) is 9.78 Å². The standard InChI is InChI=1S/C17H20N2O6S/c1-4-19-17(21)13(7-18-19)15(20)12-5-6-14(26(3,22)23)16(10(12)2)25-11-8-24-9-11/h5-7,11,18H,4,8-9H2,1-3H3. The molecule has 1 aliphatic heterocycles. The zero-order chi connectivity index (χ0) is 19.1. The Morgan fingerprint density at radius 1 is 1.35 bits per heavy atom. The van der Waals surface area contributed by atoms with E-state index in [1.807, 2.05) is 0 Å². The average Bonchev–Trinajstić information content (AvgIpc) is 2.90. The fourth-order valence-electron chi connectivity index (χ4n) is 2.75. The van der Waals surface area contributed by atoms with Crippen LogP contribution in [0, 0.1) is 6.92 Å². The van der Waals surface area contributed by atoms with Gasteiger partial charge in [0.15, 0.2) is 9.84 Å². The van der Waals surface area contributed by atoms with Gasteiger partial charge in [-0.2, -0.15) is 0 Å². The molecule has 0 spiro atoms. The van der Waals surface area contributed by atoms with E-state index in [4.69, 9.17) is 9.47 Å². The maximum Gasteiger partial charge on any atom is 0.277 e. The SMILES string of the molecule is CCn1[nH]cc(C(=O)c2ccc(S(C)(=O)=O)c(OC3COC3)c2C)c1=O. The van der Waals surface area contributed by atoms with Crippen LogP contribution >= 0.6 is 0 Å². The molecule has 9 heteroatoms. The largest absolute Gasteiger partial charge is 0.484 e. The first-order valence-corrected chi connectivity index (χ1v) is 10.0. The Bertz CT molecular complexity index is 1010. The van der Waals surface area contributed by atoms with Crippen molar-refractivity contribution in [2.45, 2.75) is 31.4 Å². The van der Waals surface area contributed by atoms with E-state index < -0.39 is 21.2 Å². The molecular weight excluding hydrogens is 360 g/mol. The number of ether oxygens (including phenoxy) is 2. The molecule has 1 aliphatic rings. The second-order valence-corrected chi connectivity index (χ2v) is 8.16. The lowest BCUT2D eigenvalue weighted by atomic mass is 10.00. The van der Waals surface area contributed by atoms with Crippen molar-refractivity contribution in [3.8, 4) is 5.75 Å². The van der Waals surface area contributed by atoms with Gasteiger partial charge in [-0.25, -0.2) is 8.42 Å². The molecule has 0 amide bonds. The fraction of sp³-hybridized carbons (Fsp3) is 0.412. The molecule has 2 heterocycles. The molecule has 2 aromatic rings. The highest BCUT2D eigenvalue weighted by Crippen LogP contribution is 2.33. The molecule has 26 heavy (non-hydrogen) atoms. The molecule has 1 aromatic heterocycles. The Morgan fingerprint density at radius 3 is 2.54 bits per heavy atom. The van der Waals surface area contributed by atoms with Crippen LogP contribution in [0.1, 0.15) is 28.4 Å². The Labute approximate surface area is 150 Å². The number of aryl methyl sites for hydroxylation is 1. The van der Waals surface area contributed by atoms with E-state index >= 15 is 0 Å². The van der Waals surface area contributed by atoms with Gasteiger partial charge in [-0.15, -0.1) is 0 Å². The van der Waals surface area contributed by atoms with Crippen molar-refractivity contribution in [2.24, 2.45) is 0 Å². The predicted octanol–water partition coefficient (Wildman–Crippen LogP) is 0.917. The number of carbonyl (C=O) groups excluding carboxylic acids is 1. The van der Waals surface area contributed by atoms with Crippen molar-refractivity contribution < 1.29 is 22.7 Å². The Kier molecular flexibility index (Phi) is 4.76. The molecule has 1 fully saturated rings. The van der Waals surface area contributed by atoms with Gasteiger partial charge in [0, 0.05) is 30.1 Å². The molecule has 1 saturated heterocycles. The summed E-state index contributed by atoms with van der Waals surface area (Å²) in [6, 6.07) is 2.76. The van der Waals surface area contributed by atoms with Crippen LogP contribution in [-0.4, -0.2) is 49.6 Å². The summed E-state index contributed by atoms with van der Waals surface area (Å²) < 4.78 is 36.3. The number of H-pyrrole nitrogens is 1. The van der Waals surface area contributed by atoms with Gasteiger partial charge in [-0.3, -0.25) is 14.3 Å². The summed E-state index contributed by atoms with van der Waals surface area (Å²) in [7, 11) is -3.55. The first-order valence-electron chi connectivity index (χ1n) is 8.15. The third-order valence-electron chi connectivity index (χ3n) is 4.31. The first kappa shape index (κ1) is 18.4. The van der Waals surface area contributed by atoms with E-state index in [-0.39, 0.29) is 27.9 Å². The van der Waals surface area contributed by atoms with E-state index in [2.05, 4.69) is 5.10 Å². The first-order chi connectivity index (χ1) is 12.2. The van der Waals surface area contributed by atoms with Crippen LogP contribution in [0.25, 0.3) is 0 Å². The Balaban J connectivity index is 2.10. The third kappa shape index (κ3) is 3.19. The van der Waals surface area contributed by atoms with Crippen molar-refractivity contribution in [3.05, 3.63) is 45.4 Å². The number of ketones is 1. The molecule has 8 nitrogen and oxygen atoms in total. The highest BCUT2D eigenvalue weighted by molar-refractivity contribution is 7.90. The quantitative estimate of drug-likeness (QED) is 0.747. The number of aromatic amines is 1. The number of rotatable bonds is 6. The minimum absolute atomic E-state index is 0.0000156. The predicted molar refractivity (Wildman–Crippen MR) is 93.7 cm³/mol. The van der Waals surface area contributed by atoms with Crippen LogP contribution in [0.15, 0.2) is 28.0 Å². The van der Waals surface area contributed by atoms with Crippen LogP contribution in [0.4, 0.5) is 0 Å². The average molecular weight is 380 g/mol. The lowest BCUT2D eigenvalue weighted by Crippen LogP contribution is -2.39. The summed E-state index contributed by atoms with van der Waals surface area (Å²) in [6.07, 6.45) is 2.18. The fourth-order valence-corrected chi connectivity index (χ4v) is 3.60. The molecule has 0 unspecified atom stereocenters. The van der Waals surface area contributed by atoms with Crippen LogP contribution in [-0.2, 0) is 21.1 Å². The van der Waals surface area contributed by atoms with Gasteiger partial charge in [0.2, 0.25) is 5.78 Å². The van der Waals surface area contributed by atoms with E-state index in [9.17, 15) is 18.0 Å². The molecular formula is C17H20N2O6S. The number of benzene rings is 1. The third-order valence-corrected chi connectivity index (χ3v) is 5.43. The van der Waals surface area contributed by atoms with Crippen molar-refractivity contribution in [2.75, 3.05) is 19.5 Å². The minimum Gasteiger partial charge on any atom is -0.484 e. The number of sulfone groups is 1. The summed E-state index contributed by atoms with van der Waals surface area (Å²) in [5, 5.41) is 2.73. The Hall–Kier alpha value is -2.39. The molecule has 0 bridgehead atoms. The zero-order valence-electron chi connectivity index (χ0n) is 14.7. The lowest BCUT2D eigenvalue weighted by molar-refractivity contribution is -0.0809. The molecule has 0 saturated carbocycles. The van der Waals surface area contributed by atoms with Gasteiger partial charge in [0.05, 0.1) is 13.2 Å². The Morgan fingerprint density at radius 2 is 2.04 bits per heavy atom. The smallest absolute Gasteiger partial charge is 0.277 e. The maximum absolute atomic E-state index is 12.8. The van der Waals surface area contributed by atoms with Crippen LogP contribution in [0.2, 0.25) is 0 Å². The van der Waals surface area contributed by atoms with Crippen molar-refractivity contribution >= 4 is 15.6 Å². The highest BCUT2D eigenvalue weighted by Gasteiger charge is 2.28. The van der Waals surface area contributed by atoms with E-state index in [1.54, 1.807) is 13.8 Å². The second kappa shape index (κ2) is 6.73. The van der Waals surface area contributed by atoms with Gasteiger partial charge in [-0.1, -0.05) is 0 Å². The van der Waals surface area contributed by atoms with E-state index in [0.29, 0.717) is 25.3 Å². The molecule has 1 N–H and O–H groups in total. The zero-order valence-corrected chi connectivity index (χ0v) is 15.6. The molecule has 140 valence electrons. The summed E-state index contributed by atoms with van der Waals surface area (Å²) >= 11 is 0. The normalized spacial score (nSPS) is 14.9. The molecule has 1 aromatic carbocycles. The molecule has 0 aliphatic carbocycles. The molecule has 3 rings (SSSR count). The van der Waals surface area contributed by atoms with E-state index in [0.717, 1.165) is 6.26 Å². The topological polar surface area (TPSA) is 107 Å². The van der Waals surface area contributed by atoms with Crippen molar-refractivity contribution in [3.63, 3.8) is 0 Å². The summed E-state index contributed by atoms with van der Waals surface area (Å²) in [5.74, 6) is -0.344. The number of aromatic nitrogens is 2. The number of nitrogens with zero attached hydrogens (tertiary/aromatic N) is 1. The van der Waals surface area contributed by atoms with Gasteiger partial charge in [-0.05, 0) is 26.0 Å². The van der Waals surface area contributed by atoms with Gasteiger partial charge >= 0.3 is 0 Å². The monoisotopic (exact) mass is 380 g/mol.